The Morgan fingerprint density at radius 2 is 2.12 bits per heavy atom. The summed E-state index contributed by atoms with van der Waals surface area (Å²) in [5, 5.41) is 0. The number of carbonyl (C=O) groups excluding carboxylic acids is 1. The maximum absolute atomic E-state index is 12.9. The molecule has 1 atom stereocenters. The third kappa shape index (κ3) is 4.32. The largest absolute Gasteiger partial charge is 0.443 e. The molecule has 1 aliphatic carbocycles. The molecule has 1 aromatic heterocycles. The highest BCUT2D eigenvalue weighted by atomic mass is 16.6. The van der Waals surface area contributed by atoms with E-state index in [1.165, 1.54) is 12.0 Å². The number of carbonyl (C=O) groups is 1. The molecule has 5 nitrogen and oxygen atoms in total. The summed E-state index contributed by atoms with van der Waals surface area (Å²) >= 11 is 0. The van der Waals surface area contributed by atoms with Gasteiger partial charge in [0.05, 0.1) is 0 Å². The van der Waals surface area contributed by atoms with Crippen molar-refractivity contribution in [2.45, 2.75) is 77.5 Å². The fourth-order valence-electron chi connectivity index (χ4n) is 3.66. The number of hydrogen-bond acceptors (Lipinski definition) is 4. The average molecular weight is 345 g/mol. The molecular weight excluding hydrogens is 314 g/mol. The number of anilines is 1. The van der Waals surface area contributed by atoms with Gasteiger partial charge in [0.2, 0.25) is 0 Å². The minimum atomic E-state index is -0.499. The van der Waals surface area contributed by atoms with Crippen LogP contribution in [0, 0.1) is 0 Å². The van der Waals surface area contributed by atoms with Gasteiger partial charge in [-0.2, -0.15) is 0 Å². The molecule has 1 amide bonds. The second-order valence-corrected chi connectivity index (χ2v) is 8.19. The van der Waals surface area contributed by atoms with E-state index in [9.17, 15) is 4.79 Å². The molecule has 138 valence electrons. The molecule has 2 fully saturated rings. The van der Waals surface area contributed by atoms with E-state index in [0.717, 1.165) is 44.6 Å². The zero-order valence-electron chi connectivity index (χ0n) is 16.0. The Hall–Kier alpha value is -1.62. The third-order valence-corrected chi connectivity index (χ3v) is 4.78. The van der Waals surface area contributed by atoms with Crippen LogP contribution in [-0.2, 0) is 4.74 Å². The van der Waals surface area contributed by atoms with Crippen molar-refractivity contribution in [1.29, 1.82) is 0 Å². The van der Waals surface area contributed by atoms with Crippen LogP contribution in [0.2, 0.25) is 0 Å². The number of aromatic nitrogens is 1. The maximum atomic E-state index is 12.9. The monoisotopic (exact) mass is 345 g/mol. The molecular formula is C20H31N3O2. The molecule has 0 aromatic carbocycles. The maximum Gasteiger partial charge on any atom is 0.416 e. The van der Waals surface area contributed by atoms with E-state index >= 15 is 0 Å². The van der Waals surface area contributed by atoms with Crippen LogP contribution in [-0.4, -0.2) is 40.7 Å². The highest BCUT2D eigenvalue weighted by Crippen LogP contribution is 2.40. The quantitative estimate of drug-likeness (QED) is 0.786. The molecule has 1 saturated heterocycles. The zero-order chi connectivity index (χ0) is 18.0. The van der Waals surface area contributed by atoms with Crippen LogP contribution >= 0.6 is 0 Å². The summed E-state index contributed by atoms with van der Waals surface area (Å²) in [5.74, 6) is 0.798. The van der Waals surface area contributed by atoms with Crippen LogP contribution in [0.3, 0.4) is 0 Å². The molecule has 0 spiro atoms. The van der Waals surface area contributed by atoms with E-state index in [4.69, 9.17) is 4.74 Å². The molecule has 1 aromatic rings. The number of nitrogens with zero attached hydrogens (tertiary/aromatic N) is 3. The van der Waals surface area contributed by atoms with Crippen LogP contribution in [0.25, 0.3) is 0 Å². The van der Waals surface area contributed by atoms with Gasteiger partial charge in [-0.15, -0.1) is 0 Å². The van der Waals surface area contributed by atoms with Crippen LogP contribution in [0.4, 0.5) is 10.6 Å². The van der Waals surface area contributed by atoms with Gasteiger partial charge < -0.3 is 4.74 Å². The van der Waals surface area contributed by atoms with E-state index in [0.29, 0.717) is 6.04 Å². The van der Waals surface area contributed by atoms with Gasteiger partial charge in [-0.25, -0.2) is 9.78 Å². The number of ether oxygens (including phenoxy) is 1. The van der Waals surface area contributed by atoms with E-state index in [2.05, 4.69) is 22.9 Å². The van der Waals surface area contributed by atoms with Crippen molar-refractivity contribution in [2.75, 3.05) is 18.0 Å². The minimum absolute atomic E-state index is 0.226. The summed E-state index contributed by atoms with van der Waals surface area (Å²) in [5.41, 5.74) is 0.673. The highest BCUT2D eigenvalue weighted by Gasteiger charge is 2.40. The van der Waals surface area contributed by atoms with Crippen LogP contribution < -0.4 is 4.90 Å². The Balaban J connectivity index is 1.91. The van der Waals surface area contributed by atoms with Crippen LogP contribution in [0.1, 0.15) is 71.4 Å². The van der Waals surface area contributed by atoms with E-state index < -0.39 is 5.60 Å². The van der Waals surface area contributed by atoms with Gasteiger partial charge >= 0.3 is 6.09 Å². The Bertz CT molecular complexity index is 607. The normalized spacial score (nSPS) is 21.4. The van der Waals surface area contributed by atoms with E-state index in [1.54, 1.807) is 6.20 Å². The number of amides is 1. The van der Waals surface area contributed by atoms with Crippen molar-refractivity contribution < 1.29 is 9.53 Å². The Morgan fingerprint density at radius 3 is 2.76 bits per heavy atom. The van der Waals surface area contributed by atoms with Crippen molar-refractivity contribution in [2.24, 2.45) is 0 Å². The first-order valence-corrected chi connectivity index (χ1v) is 9.62. The molecule has 0 N–H and O–H groups in total. The second-order valence-electron chi connectivity index (χ2n) is 8.19. The van der Waals surface area contributed by atoms with Gasteiger partial charge in [0.25, 0.3) is 0 Å². The Kier molecular flexibility index (Phi) is 5.32. The Labute approximate surface area is 151 Å². The number of rotatable bonds is 5. The third-order valence-electron chi connectivity index (χ3n) is 4.78. The first-order valence-electron chi connectivity index (χ1n) is 9.62. The number of pyridine rings is 1. The molecule has 25 heavy (non-hydrogen) atoms. The van der Waals surface area contributed by atoms with Crippen LogP contribution in [0.15, 0.2) is 18.3 Å². The summed E-state index contributed by atoms with van der Waals surface area (Å²) < 4.78 is 5.68. The lowest BCUT2D eigenvalue weighted by Gasteiger charge is -2.31. The van der Waals surface area contributed by atoms with Gasteiger partial charge in [0.1, 0.15) is 11.4 Å². The van der Waals surface area contributed by atoms with E-state index in [-0.39, 0.29) is 12.1 Å². The fourth-order valence-corrected chi connectivity index (χ4v) is 3.66. The van der Waals surface area contributed by atoms with Gasteiger partial charge in [0, 0.05) is 23.8 Å². The average Bonchev–Trinajstić information content (AvgIpc) is 3.25. The fraction of sp³-hybridized carbons (Fsp3) is 0.700. The van der Waals surface area contributed by atoms with Gasteiger partial charge in [0.15, 0.2) is 0 Å². The molecule has 0 unspecified atom stereocenters. The second kappa shape index (κ2) is 7.32. The first-order chi connectivity index (χ1) is 11.9. The van der Waals surface area contributed by atoms with Crippen molar-refractivity contribution in [3.8, 4) is 0 Å². The lowest BCUT2D eigenvalue weighted by Crippen LogP contribution is -2.40. The molecule has 0 radical (unpaired) electrons. The van der Waals surface area contributed by atoms with Crippen molar-refractivity contribution in [3.63, 3.8) is 0 Å². The van der Waals surface area contributed by atoms with Crippen molar-refractivity contribution in [3.05, 3.63) is 23.9 Å². The summed E-state index contributed by atoms with van der Waals surface area (Å²) in [6, 6.07) is 4.71. The van der Waals surface area contributed by atoms with Gasteiger partial charge in [-0.3, -0.25) is 9.80 Å². The predicted molar refractivity (Wildman–Crippen MR) is 99.8 cm³/mol. The number of likely N-dealkylation sites (tertiary alicyclic amines) is 1. The molecule has 2 aliphatic rings. The summed E-state index contributed by atoms with van der Waals surface area (Å²) in [4.78, 5) is 21.8. The summed E-state index contributed by atoms with van der Waals surface area (Å²) in [6.45, 7) is 10.2. The van der Waals surface area contributed by atoms with Crippen LogP contribution in [0.5, 0.6) is 0 Å². The highest BCUT2D eigenvalue weighted by molar-refractivity contribution is 5.89. The molecule has 2 heterocycles. The molecule has 3 rings (SSSR count). The lowest BCUT2D eigenvalue weighted by atomic mass is 10.0. The predicted octanol–water partition coefficient (Wildman–Crippen LogP) is 4.53. The number of hydrogen-bond donors (Lipinski definition) is 0. The zero-order valence-corrected chi connectivity index (χ0v) is 16.0. The molecule has 1 aliphatic heterocycles. The summed E-state index contributed by atoms with van der Waals surface area (Å²) in [7, 11) is 0. The molecule has 0 bridgehead atoms. The lowest BCUT2D eigenvalue weighted by molar-refractivity contribution is 0.0576. The molecule has 5 heteroatoms. The van der Waals surface area contributed by atoms with Gasteiger partial charge in [-0.05, 0) is 72.0 Å². The minimum Gasteiger partial charge on any atom is -0.443 e. The SMILES string of the molecule is CCCN1CCC[C@H]1c1cccnc1N(C(=O)OC(C)(C)C)C1CC1. The standard InChI is InChI=1S/C20H31N3O2/c1-5-13-22-14-7-9-17(22)16-8-6-12-21-18(16)23(15-10-11-15)19(24)25-20(2,3)4/h6,8,12,15,17H,5,7,9-11,13-14H2,1-4H3/t17-/m0/s1. The first kappa shape index (κ1) is 18.2. The van der Waals surface area contributed by atoms with Gasteiger partial charge in [-0.1, -0.05) is 13.0 Å². The topological polar surface area (TPSA) is 45.7 Å². The molecule has 1 saturated carbocycles. The van der Waals surface area contributed by atoms with Crippen molar-refractivity contribution in [1.82, 2.24) is 9.88 Å². The Morgan fingerprint density at radius 1 is 1.36 bits per heavy atom. The summed E-state index contributed by atoms with van der Waals surface area (Å²) in [6.07, 6.45) is 7.05. The smallest absolute Gasteiger partial charge is 0.416 e. The van der Waals surface area contributed by atoms with E-state index in [1.807, 2.05) is 31.7 Å². The van der Waals surface area contributed by atoms with Crippen molar-refractivity contribution >= 4 is 11.9 Å².